The number of thiophene rings is 1. The molecule has 21 heavy (non-hydrogen) atoms. The van der Waals surface area contributed by atoms with Crippen LogP contribution in [-0.2, 0) is 19.3 Å². The lowest BCUT2D eigenvalue weighted by Gasteiger charge is -2.21. The largest absolute Gasteiger partial charge is 0.425 e. The first-order chi connectivity index (χ1) is 9.99. The zero-order valence-electron chi connectivity index (χ0n) is 11.4. The zero-order chi connectivity index (χ0) is 15.3. The maximum atomic E-state index is 12.6. The van der Waals surface area contributed by atoms with Gasteiger partial charge in [-0.2, -0.15) is 13.2 Å². The number of hydrogen-bond donors (Lipinski definition) is 1. The topological polar surface area (TPSA) is 29.3 Å². The average Bonchev–Trinajstić information content (AvgIpc) is 2.89. The van der Waals surface area contributed by atoms with Crippen LogP contribution in [0.5, 0.6) is 0 Å². The van der Waals surface area contributed by atoms with Gasteiger partial charge in [0.1, 0.15) is 4.88 Å². The average molecular weight is 314 g/mol. The van der Waals surface area contributed by atoms with Crippen LogP contribution in [0.1, 0.15) is 15.3 Å². The highest BCUT2D eigenvalue weighted by Gasteiger charge is 2.32. The number of nitrogens with two attached hydrogens (primary N) is 1. The molecular weight excluding hydrogens is 297 g/mol. The smallest absolute Gasteiger partial charge is 0.329 e. The summed E-state index contributed by atoms with van der Waals surface area (Å²) in [5, 5.41) is 0. The lowest BCUT2D eigenvalue weighted by Crippen LogP contribution is -2.28. The van der Waals surface area contributed by atoms with Gasteiger partial charge in [-0.15, -0.1) is 11.3 Å². The predicted molar refractivity (Wildman–Crippen MR) is 78.9 cm³/mol. The van der Waals surface area contributed by atoms with Crippen molar-refractivity contribution < 1.29 is 13.2 Å². The number of rotatable bonds is 6. The lowest BCUT2D eigenvalue weighted by molar-refractivity contribution is -0.134. The number of nitrogens with zero attached hydrogens (tertiary/aromatic N) is 1. The standard InChI is InChI=1S/C15H17F3N2S/c16-15(17,18)14-7-6-13(21-14)11-20(9-8-19)10-12-4-2-1-3-5-12/h1-7H,8-11,19H2. The summed E-state index contributed by atoms with van der Waals surface area (Å²) in [6, 6.07) is 12.5. The molecule has 2 aromatic rings. The Kier molecular flexibility index (Phi) is 5.39. The van der Waals surface area contributed by atoms with Gasteiger partial charge < -0.3 is 5.73 Å². The Morgan fingerprint density at radius 3 is 2.29 bits per heavy atom. The van der Waals surface area contributed by atoms with Crippen LogP contribution in [0, 0.1) is 0 Å². The van der Waals surface area contributed by atoms with Crippen LogP contribution in [0.3, 0.4) is 0 Å². The van der Waals surface area contributed by atoms with Gasteiger partial charge in [0.15, 0.2) is 0 Å². The second-order valence-electron chi connectivity index (χ2n) is 4.75. The summed E-state index contributed by atoms with van der Waals surface area (Å²) in [6.07, 6.45) is -4.26. The quantitative estimate of drug-likeness (QED) is 0.880. The summed E-state index contributed by atoms with van der Waals surface area (Å²) >= 11 is 0.797. The van der Waals surface area contributed by atoms with E-state index in [0.717, 1.165) is 23.0 Å². The Labute approximate surface area is 126 Å². The number of halogens is 3. The molecule has 0 atom stereocenters. The van der Waals surface area contributed by atoms with E-state index in [-0.39, 0.29) is 0 Å². The van der Waals surface area contributed by atoms with Crippen molar-refractivity contribution in [2.75, 3.05) is 13.1 Å². The number of hydrogen-bond acceptors (Lipinski definition) is 3. The van der Waals surface area contributed by atoms with Crippen molar-refractivity contribution in [1.82, 2.24) is 4.90 Å². The molecule has 0 aliphatic rings. The zero-order valence-corrected chi connectivity index (χ0v) is 12.3. The second-order valence-corrected chi connectivity index (χ2v) is 5.92. The predicted octanol–water partition coefficient (Wildman–Crippen LogP) is 3.73. The third-order valence-electron chi connectivity index (χ3n) is 3.01. The molecule has 6 heteroatoms. The molecule has 1 heterocycles. The summed E-state index contributed by atoms with van der Waals surface area (Å²) in [6.45, 7) is 2.28. The van der Waals surface area contributed by atoms with E-state index in [0.29, 0.717) is 31.1 Å². The molecule has 2 N–H and O–H groups in total. The molecule has 0 bridgehead atoms. The van der Waals surface area contributed by atoms with Gasteiger partial charge in [0.2, 0.25) is 0 Å². The molecule has 0 aliphatic heterocycles. The molecule has 1 aromatic heterocycles. The van der Waals surface area contributed by atoms with E-state index in [1.54, 1.807) is 6.07 Å². The van der Waals surface area contributed by atoms with E-state index < -0.39 is 11.1 Å². The minimum absolute atomic E-state index is 0.477. The fourth-order valence-electron chi connectivity index (χ4n) is 2.07. The van der Waals surface area contributed by atoms with Crippen molar-refractivity contribution in [3.8, 4) is 0 Å². The van der Waals surface area contributed by atoms with E-state index in [1.807, 2.05) is 30.3 Å². The van der Waals surface area contributed by atoms with Gasteiger partial charge in [0.05, 0.1) is 0 Å². The van der Waals surface area contributed by atoms with E-state index in [2.05, 4.69) is 4.90 Å². The lowest BCUT2D eigenvalue weighted by atomic mass is 10.2. The fraction of sp³-hybridized carbons (Fsp3) is 0.333. The molecule has 2 rings (SSSR count). The molecule has 0 saturated heterocycles. The highest BCUT2D eigenvalue weighted by Crippen LogP contribution is 2.35. The van der Waals surface area contributed by atoms with Crippen LogP contribution in [-0.4, -0.2) is 18.0 Å². The van der Waals surface area contributed by atoms with E-state index in [4.69, 9.17) is 5.73 Å². The minimum Gasteiger partial charge on any atom is -0.329 e. The van der Waals surface area contributed by atoms with Crippen LogP contribution in [0.15, 0.2) is 42.5 Å². The third kappa shape index (κ3) is 4.84. The molecule has 114 valence electrons. The molecule has 0 unspecified atom stereocenters. The number of alkyl halides is 3. The molecular formula is C15H17F3N2S. The van der Waals surface area contributed by atoms with E-state index in [1.165, 1.54) is 0 Å². The van der Waals surface area contributed by atoms with Crippen molar-refractivity contribution in [3.63, 3.8) is 0 Å². The summed E-state index contributed by atoms with van der Waals surface area (Å²) < 4.78 is 37.8. The Balaban J connectivity index is 2.04. The molecule has 0 saturated carbocycles. The Morgan fingerprint density at radius 1 is 1.00 bits per heavy atom. The van der Waals surface area contributed by atoms with E-state index in [9.17, 15) is 13.2 Å². The summed E-state index contributed by atoms with van der Waals surface area (Å²) in [5.41, 5.74) is 6.72. The molecule has 1 aromatic carbocycles. The van der Waals surface area contributed by atoms with Crippen LogP contribution in [0.2, 0.25) is 0 Å². The molecule has 0 aliphatic carbocycles. The maximum Gasteiger partial charge on any atom is 0.425 e. The highest BCUT2D eigenvalue weighted by molar-refractivity contribution is 7.12. The van der Waals surface area contributed by atoms with Gasteiger partial charge >= 0.3 is 6.18 Å². The SMILES string of the molecule is NCCN(Cc1ccccc1)Cc1ccc(C(F)(F)F)s1. The first-order valence-electron chi connectivity index (χ1n) is 6.61. The van der Waals surface area contributed by atoms with Crippen LogP contribution in [0.25, 0.3) is 0 Å². The Bertz CT molecular complexity index is 552. The molecule has 0 spiro atoms. The van der Waals surface area contributed by atoms with Crippen molar-refractivity contribution >= 4 is 11.3 Å². The van der Waals surface area contributed by atoms with Gasteiger partial charge in [0, 0.05) is 31.1 Å². The molecule has 0 radical (unpaired) electrons. The van der Waals surface area contributed by atoms with Crippen molar-refractivity contribution in [2.24, 2.45) is 5.73 Å². The maximum absolute atomic E-state index is 12.6. The molecule has 0 amide bonds. The normalized spacial score (nSPS) is 12.0. The van der Waals surface area contributed by atoms with Gasteiger partial charge in [0.25, 0.3) is 0 Å². The van der Waals surface area contributed by atoms with Gasteiger partial charge in [-0.05, 0) is 17.7 Å². The Hall–Kier alpha value is -1.37. The first-order valence-corrected chi connectivity index (χ1v) is 7.43. The van der Waals surface area contributed by atoms with Crippen molar-refractivity contribution in [3.05, 3.63) is 57.8 Å². The first kappa shape index (κ1) is 16.0. The van der Waals surface area contributed by atoms with Gasteiger partial charge in [-0.1, -0.05) is 30.3 Å². The summed E-state index contributed by atoms with van der Waals surface area (Å²) in [5.74, 6) is 0. The van der Waals surface area contributed by atoms with Crippen LogP contribution < -0.4 is 5.73 Å². The molecule has 2 nitrogen and oxygen atoms in total. The van der Waals surface area contributed by atoms with Crippen LogP contribution >= 0.6 is 11.3 Å². The fourth-order valence-corrected chi connectivity index (χ4v) is 2.99. The van der Waals surface area contributed by atoms with E-state index >= 15 is 0 Å². The minimum atomic E-state index is -4.26. The van der Waals surface area contributed by atoms with Gasteiger partial charge in [-0.25, -0.2) is 0 Å². The van der Waals surface area contributed by atoms with Crippen LogP contribution in [0.4, 0.5) is 13.2 Å². The van der Waals surface area contributed by atoms with Crippen molar-refractivity contribution in [2.45, 2.75) is 19.3 Å². The third-order valence-corrected chi connectivity index (χ3v) is 4.13. The Morgan fingerprint density at radius 2 is 1.71 bits per heavy atom. The molecule has 0 fully saturated rings. The summed E-state index contributed by atoms with van der Waals surface area (Å²) in [7, 11) is 0. The monoisotopic (exact) mass is 314 g/mol. The van der Waals surface area contributed by atoms with Crippen molar-refractivity contribution in [1.29, 1.82) is 0 Å². The summed E-state index contributed by atoms with van der Waals surface area (Å²) in [4.78, 5) is 2.21. The highest BCUT2D eigenvalue weighted by atomic mass is 32.1. The second kappa shape index (κ2) is 7.06. The van der Waals surface area contributed by atoms with Gasteiger partial charge in [-0.3, -0.25) is 4.90 Å². The number of benzene rings is 1.